The molecule has 0 saturated carbocycles. The molecule has 2 heterocycles. The minimum Gasteiger partial charge on any atom is -0.473 e. The molecule has 1 aromatic heterocycles. The maximum absolute atomic E-state index is 5.93. The fourth-order valence-electron chi connectivity index (χ4n) is 2.79. The van der Waals surface area contributed by atoms with Crippen LogP contribution in [0.4, 0.5) is 11.5 Å². The van der Waals surface area contributed by atoms with Gasteiger partial charge in [0.15, 0.2) is 0 Å². The van der Waals surface area contributed by atoms with Crippen molar-refractivity contribution in [3.63, 3.8) is 0 Å². The van der Waals surface area contributed by atoms with Gasteiger partial charge >= 0.3 is 0 Å². The van der Waals surface area contributed by atoms with Crippen LogP contribution in [0.2, 0.25) is 0 Å². The molecule has 106 valence electrons. The molecule has 4 heteroatoms. The molecule has 0 aliphatic carbocycles. The summed E-state index contributed by atoms with van der Waals surface area (Å²) in [6.07, 6.45) is 3.70. The Kier molecular flexibility index (Phi) is 4.17. The van der Waals surface area contributed by atoms with Gasteiger partial charge in [0.05, 0.1) is 11.8 Å². The maximum Gasteiger partial charge on any atom is 0.239 e. The predicted molar refractivity (Wildman–Crippen MR) is 79.7 cm³/mol. The predicted octanol–water partition coefficient (Wildman–Crippen LogP) is 3.22. The van der Waals surface area contributed by atoms with Crippen molar-refractivity contribution < 1.29 is 4.74 Å². The Hall–Kier alpha value is -1.45. The lowest BCUT2D eigenvalue weighted by Crippen LogP contribution is -2.34. The maximum atomic E-state index is 5.93. The van der Waals surface area contributed by atoms with E-state index in [9.17, 15) is 0 Å². The SMILES string of the molecule is CCC1CCC(C)N1c1ccc(N)c(OC(C)C)n1. The first-order chi connectivity index (χ1) is 9.02. The Balaban J connectivity index is 2.29. The van der Waals surface area contributed by atoms with Crippen LogP contribution in [0.5, 0.6) is 5.88 Å². The van der Waals surface area contributed by atoms with Crippen LogP contribution in [0.3, 0.4) is 0 Å². The van der Waals surface area contributed by atoms with E-state index in [4.69, 9.17) is 10.5 Å². The third kappa shape index (κ3) is 2.94. The summed E-state index contributed by atoms with van der Waals surface area (Å²) in [6.45, 7) is 8.47. The van der Waals surface area contributed by atoms with E-state index in [1.807, 2.05) is 26.0 Å². The highest BCUT2D eigenvalue weighted by Gasteiger charge is 2.30. The number of ether oxygens (including phenoxy) is 1. The number of nitrogens with two attached hydrogens (primary N) is 1. The third-order valence-corrected chi connectivity index (χ3v) is 3.74. The molecule has 0 spiro atoms. The van der Waals surface area contributed by atoms with Crippen LogP contribution in [0, 0.1) is 0 Å². The molecule has 0 bridgehead atoms. The third-order valence-electron chi connectivity index (χ3n) is 3.74. The van der Waals surface area contributed by atoms with E-state index in [2.05, 4.69) is 23.7 Å². The summed E-state index contributed by atoms with van der Waals surface area (Å²) in [4.78, 5) is 7.03. The fraction of sp³-hybridized carbons (Fsp3) is 0.667. The second kappa shape index (κ2) is 5.68. The zero-order valence-corrected chi connectivity index (χ0v) is 12.4. The summed E-state index contributed by atoms with van der Waals surface area (Å²) in [5.74, 6) is 1.54. The first-order valence-corrected chi connectivity index (χ1v) is 7.24. The van der Waals surface area contributed by atoms with E-state index in [1.165, 1.54) is 12.8 Å². The standard InChI is InChI=1S/C15H25N3O/c1-5-12-7-6-11(4)18(12)14-9-8-13(16)15(17-14)19-10(2)3/h8-12H,5-7,16H2,1-4H3. The normalized spacial score (nSPS) is 23.1. The molecule has 0 radical (unpaired) electrons. The van der Waals surface area contributed by atoms with E-state index >= 15 is 0 Å². The van der Waals surface area contributed by atoms with E-state index in [0.717, 1.165) is 12.2 Å². The summed E-state index contributed by atoms with van der Waals surface area (Å²) in [7, 11) is 0. The minimum atomic E-state index is 0.0861. The molecule has 2 rings (SSSR count). The van der Waals surface area contributed by atoms with Gasteiger partial charge in [-0.1, -0.05) is 6.92 Å². The van der Waals surface area contributed by atoms with Crippen molar-refractivity contribution in [1.82, 2.24) is 4.98 Å². The van der Waals surface area contributed by atoms with Crippen molar-refractivity contribution >= 4 is 11.5 Å². The Morgan fingerprint density at radius 2 is 2.16 bits per heavy atom. The lowest BCUT2D eigenvalue weighted by molar-refractivity contribution is 0.234. The highest BCUT2D eigenvalue weighted by Crippen LogP contribution is 2.33. The summed E-state index contributed by atoms with van der Waals surface area (Å²) < 4.78 is 5.69. The van der Waals surface area contributed by atoms with E-state index in [0.29, 0.717) is 23.7 Å². The Bertz CT molecular complexity index is 433. The molecule has 2 N–H and O–H groups in total. The molecule has 1 aliphatic rings. The zero-order valence-electron chi connectivity index (χ0n) is 12.4. The Morgan fingerprint density at radius 1 is 1.42 bits per heavy atom. The van der Waals surface area contributed by atoms with E-state index < -0.39 is 0 Å². The molecule has 4 nitrogen and oxygen atoms in total. The van der Waals surface area contributed by atoms with Crippen LogP contribution in [-0.4, -0.2) is 23.2 Å². The molecule has 2 unspecified atom stereocenters. The van der Waals surface area contributed by atoms with Crippen molar-refractivity contribution in [3.05, 3.63) is 12.1 Å². The van der Waals surface area contributed by atoms with Crippen molar-refractivity contribution in [2.24, 2.45) is 0 Å². The number of hydrogen-bond donors (Lipinski definition) is 1. The number of aromatic nitrogens is 1. The first-order valence-electron chi connectivity index (χ1n) is 7.24. The number of rotatable bonds is 4. The largest absolute Gasteiger partial charge is 0.473 e. The Labute approximate surface area is 116 Å². The van der Waals surface area contributed by atoms with Gasteiger partial charge < -0.3 is 15.4 Å². The lowest BCUT2D eigenvalue weighted by atomic mass is 10.1. The highest BCUT2D eigenvalue weighted by molar-refractivity contribution is 5.55. The molecule has 0 aromatic carbocycles. The molecular formula is C15H25N3O. The van der Waals surface area contributed by atoms with Crippen LogP contribution < -0.4 is 15.4 Å². The van der Waals surface area contributed by atoms with Gasteiger partial charge in [-0.25, -0.2) is 0 Å². The molecule has 1 saturated heterocycles. The number of nitrogens with zero attached hydrogens (tertiary/aromatic N) is 2. The summed E-state index contributed by atoms with van der Waals surface area (Å²) in [5.41, 5.74) is 6.54. The van der Waals surface area contributed by atoms with Gasteiger partial charge in [0.2, 0.25) is 5.88 Å². The van der Waals surface area contributed by atoms with Gasteiger partial charge in [-0.05, 0) is 52.2 Å². The van der Waals surface area contributed by atoms with Crippen molar-refractivity contribution in [3.8, 4) is 5.88 Å². The second-order valence-electron chi connectivity index (χ2n) is 5.63. The highest BCUT2D eigenvalue weighted by atomic mass is 16.5. The van der Waals surface area contributed by atoms with E-state index in [-0.39, 0.29) is 6.10 Å². The van der Waals surface area contributed by atoms with Gasteiger partial charge in [0.25, 0.3) is 0 Å². The van der Waals surface area contributed by atoms with Crippen LogP contribution in [0.1, 0.15) is 47.0 Å². The number of hydrogen-bond acceptors (Lipinski definition) is 4. The van der Waals surface area contributed by atoms with Gasteiger partial charge in [-0.3, -0.25) is 0 Å². The minimum absolute atomic E-state index is 0.0861. The van der Waals surface area contributed by atoms with Gasteiger partial charge in [-0.2, -0.15) is 4.98 Å². The van der Waals surface area contributed by atoms with Crippen LogP contribution in [0.25, 0.3) is 0 Å². The zero-order chi connectivity index (χ0) is 14.0. The smallest absolute Gasteiger partial charge is 0.239 e. The molecule has 1 fully saturated rings. The molecule has 0 amide bonds. The van der Waals surface area contributed by atoms with Crippen LogP contribution in [-0.2, 0) is 0 Å². The van der Waals surface area contributed by atoms with Gasteiger partial charge in [0.1, 0.15) is 5.82 Å². The second-order valence-corrected chi connectivity index (χ2v) is 5.63. The van der Waals surface area contributed by atoms with Crippen LogP contribution in [0.15, 0.2) is 12.1 Å². The molecule has 1 aromatic rings. The number of nitrogen functional groups attached to an aromatic ring is 1. The average Bonchev–Trinajstić information content (AvgIpc) is 2.73. The monoisotopic (exact) mass is 263 g/mol. The fourth-order valence-corrected chi connectivity index (χ4v) is 2.79. The van der Waals surface area contributed by atoms with Crippen LogP contribution >= 0.6 is 0 Å². The summed E-state index contributed by atoms with van der Waals surface area (Å²) in [6, 6.07) is 5.02. The molecule has 2 atom stereocenters. The summed E-state index contributed by atoms with van der Waals surface area (Å²) >= 11 is 0. The number of pyridine rings is 1. The van der Waals surface area contributed by atoms with Crippen molar-refractivity contribution in [2.75, 3.05) is 10.6 Å². The lowest BCUT2D eigenvalue weighted by Gasteiger charge is -2.29. The Morgan fingerprint density at radius 3 is 2.79 bits per heavy atom. The molecule has 1 aliphatic heterocycles. The average molecular weight is 263 g/mol. The van der Waals surface area contributed by atoms with Gasteiger partial charge in [-0.15, -0.1) is 0 Å². The quantitative estimate of drug-likeness (QED) is 0.906. The topological polar surface area (TPSA) is 51.4 Å². The number of anilines is 2. The molecule has 19 heavy (non-hydrogen) atoms. The van der Waals surface area contributed by atoms with Crippen molar-refractivity contribution in [2.45, 2.75) is 65.1 Å². The summed E-state index contributed by atoms with van der Waals surface area (Å²) in [5, 5.41) is 0. The van der Waals surface area contributed by atoms with E-state index in [1.54, 1.807) is 0 Å². The molecular weight excluding hydrogens is 238 g/mol. The van der Waals surface area contributed by atoms with Gasteiger partial charge in [0, 0.05) is 12.1 Å². The first kappa shape index (κ1) is 14.0. The van der Waals surface area contributed by atoms with Crippen molar-refractivity contribution in [1.29, 1.82) is 0 Å².